The Morgan fingerprint density at radius 3 is 2.60 bits per heavy atom. The minimum Gasteiger partial charge on any atom is -0.457 e. The van der Waals surface area contributed by atoms with Gasteiger partial charge in [0.2, 0.25) is 5.91 Å². The maximum atomic E-state index is 12.0. The third-order valence-corrected chi connectivity index (χ3v) is 4.19. The highest BCUT2D eigenvalue weighted by Crippen LogP contribution is 2.29. The van der Waals surface area contributed by atoms with E-state index in [2.05, 4.69) is 5.32 Å². The monoisotopic (exact) mass is 371 g/mol. The van der Waals surface area contributed by atoms with Crippen LogP contribution in [-0.4, -0.2) is 5.91 Å². The van der Waals surface area contributed by atoms with Gasteiger partial charge < -0.3 is 9.73 Å². The van der Waals surface area contributed by atoms with E-state index in [1.807, 2.05) is 37.3 Å². The number of carbonyl (C=O) groups is 1. The molecule has 0 saturated heterocycles. The molecule has 0 aliphatic rings. The van der Waals surface area contributed by atoms with Gasteiger partial charge in [-0.15, -0.1) is 0 Å². The molecule has 0 aliphatic heterocycles. The van der Waals surface area contributed by atoms with E-state index in [4.69, 9.17) is 27.6 Å². The Morgan fingerprint density at radius 2 is 1.84 bits per heavy atom. The molecule has 3 nitrogen and oxygen atoms in total. The summed E-state index contributed by atoms with van der Waals surface area (Å²) in [4.78, 5) is 12.0. The lowest BCUT2D eigenvalue weighted by Crippen LogP contribution is -2.08. The van der Waals surface area contributed by atoms with E-state index in [1.54, 1.807) is 30.3 Å². The lowest BCUT2D eigenvalue weighted by Gasteiger charge is -2.05. The van der Waals surface area contributed by atoms with Crippen molar-refractivity contribution < 1.29 is 9.21 Å². The molecule has 0 bridgehead atoms. The van der Waals surface area contributed by atoms with Crippen molar-refractivity contribution in [3.63, 3.8) is 0 Å². The molecular formula is C20H15Cl2NO2. The van der Waals surface area contributed by atoms with Gasteiger partial charge in [0.05, 0.1) is 15.7 Å². The van der Waals surface area contributed by atoms with Gasteiger partial charge in [-0.05, 0) is 55.0 Å². The second-order valence-electron chi connectivity index (χ2n) is 5.49. The number of hydrogen-bond acceptors (Lipinski definition) is 2. The first-order valence-electron chi connectivity index (χ1n) is 7.63. The lowest BCUT2D eigenvalue weighted by atomic mass is 10.2. The number of amides is 1. The van der Waals surface area contributed by atoms with Gasteiger partial charge >= 0.3 is 0 Å². The fourth-order valence-corrected chi connectivity index (χ4v) is 2.81. The van der Waals surface area contributed by atoms with Crippen LogP contribution in [0.1, 0.15) is 11.3 Å². The standard InChI is InChI=1S/C20H15Cl2NO2/c1-13-6-9-18(17(22)12-13)23-20(24)11-8-14-7-10-19(25-14)15-4-2-3-5-16(15)21/h2-12H,1H3,(H,23,24)/b11-8+. The zero-order valence-corrected chi connectivity index (χ0v) is 14.9. The Balaban J connectivity index is 1.70. The lowest BCUT2D eigenvalue weighted by molar-refractivity contribution is -0.111. The molecule has 1 aromatic heterocycles. The molecule has 0 atom stereocenters. The molecule has 1 amide bonds. The Morgan fingerprint density at radius 1 is 1.04 bits per heavy atom. The second-order valence-corrected chi connectivity index (χ2v) is 6.30. The number of aryl methyl sites for hydroxylation is 1. The minimum absolute atomic E-state index is 0.290. The second kappa shape index (κ2) is 7.60. The number of nitrogens with one attached hydrogen (secondary N) is 1. The summed E-state index contributed by atoms with van der Waals surface area (Å²) in [6, 6.07) is 16.5. The number of benzene rings is 2. The highest BCUT2D eigenvalue weighted by atomic mass is 35.5. The molecule has 0 spiro atoms. The average Bonchev–Trinajstić information content (AvgIpc) is 3.05. The molecule has 126 valence electrons. The first kappa shape index (κ1) is 17.3. The summed E-state index contributed by atoms with van der Waals surface area (Å²) in [5, 5.41) is 3.85. The van der Waals surface area contributed by atoms with E-state index in [0.29, 0.717) is 27.3 Å². The van der Waals surface area contributed by atoms with Crippen LogP contribution in [0.15, 0.2) is 65.1 Å². The maximum absolute atomic E-state index is 12.0. The number of furan rings is 1. The Hall–Kier alpha value is -2.49. The first-order valence-corrected chi connectivity index (χ1v) is 8.38. The Labute approximate surface area is 155 Å². The van der Waals surface area contributed by atoms with E-state index in [0.717, 1.165) is 11.1 Å². The summed E-state index contributed by atoms with van der Waals surface area (Å²) in [7, 11) is 0. The fourth-order valence-electron chi connectivity index (χ4n) is 2.30. The summed E-state index contributed by atoms with van der Waals surface area (Å²) in [5.41, 5.74) is 2.40. The third-order valence-electron chi connectivity index (χ3n) is 3.55. The van der Waals surface area contributed by atoms with Crippen molar-refractivity contribution in [2.75, 3.05) is 5.32 Å². The quantitative estimate of drug-likeness (QED) is 0.553. The third kappa shape index (κ3) is 4.32. The molecule has 1 N–H and O–H groups in total. The molecule has 1 heterocycles. The van der Waals surface area contributed by atoms with E-state index in [9.17, 15) is 4.79 Å². The van der Waals surface area contributed by atoms with Gasteiger partial charge in [-0.3, -0.25) is 4.79 Å². The first-order chi connectivity index (χ1) is 12.0. The van der Waals surface area contributed by atoms with Crippen LogP contribution in [0.4, 0.5) is 5.69 Å². The zero-order chi connectivity index (χ0) is 17.8. The summed E-state index contributed by atoms with van der Waals surface area (Å²) in [6.45, 7) is 1.94. The van der Waals surface area contributed by atoms with Gasteiger partial charge in [0.25, 0.3) is 0 Å². The van der Waals surface area contributed by atoms with Gasteiger partial charge in [-0.2, -0.15) is 0 Å². The molecule has 2 aromatic carbocycles. The van der Waals surface area contributed by atoms with Crippen molar-refractivity contribution in [2.24, 2.45) is 0 Å². The molecule has 3 aromatic rings. The number of carbonyl (C=O) groups excluding carboxylic acids is 1. The number of hydrogen-bond donors (Lipinski definition) is 1. The van der Waals surface area contributed by atoms with Crippen molar-refractivity contribution in [3.05, 3.63) is 82.0 Å². The van der Waals surface area contributed by atoms with Crippen LogP contribution >= 0.6 is 23.2 Å². The predicted octanol–water partition coefficient (Wildman–Crippen LogP) is 6.21. The predicted molar refractivity (Wildman–Crippen MR) is 103 cm³/mol. The summed E-state index contributed by atoms with van der Waals surface area (Å²) >= 11 is 12.3. The van der Waals surface area contributed by atoms with E-state index in [1.165, 1.54) is 6.08 Å². The van der Waals surface area contributed by atoms with Crippen LogP contribution < -0.4 is 5.32 Å². The number of rotatable bonds is 4. The van der Waals surface area contributed by atoms with Gasteiger partial charge in [0, 0.05) is 11.6 Å². The van der Waals surface area contributed by atoms with Crippen molar-refractivity contribution in [2.45, 2.75) is 6.92 Å². The molecule has 3 rings (SSSR count). The molecule has 25 heavy (non-hydrogen) atoms. The van der Waals surface area contributed by atoms with Gasteiger partial charge in [0.1, 0.15) is 11.5 Å². The van der Waals surface area contributed by atoms with Crippen LogP contribution in [0, 0.1) is 6.92 Å². The smallest absolute Gasteiger partial charge is 0.248 e. The normalized spacial score (nSPS) is 11.0. The molecule has 0 radical (unpaired) electrons. The van der Waals surface area contributed by atoms with Crippen LogP contribution in [0.25, 0.3) is 17.4 Å². The molecule has 0 fully saturated rings. The average molecular weight is 372 g/mol. The van der Waals surface area contributed by atoms with E-state index >= 15 is 0 Å². The maximum Gasteiger partial charge on any atom is 0.248 e. The largest absolute Gasteiger partial charge is 0.457 e. The van der Waals surface area contributed by atoms with Gasteiger partial charge in [0.15, 0.2) is 0 Å². The summed E-state index contributed by atoms with van der Waals surface area (Å²) in [5.74, 6) is 0.911. The topological polar surface area (TPSA) is 42.2 Å². The number of halogens is 2. The van der Waals surface area contributed by atoms with Crippen molar-refractivity contribution >= 4 is 40.9 Å². The SMILES string of the molecule is Cc1ccc(NC(=O)/C=C/c2ccc(-c3ccccc3Cl)o2)c(Cl)c1. The van der Waals surface area contributed by atoms with Crippen molar-refractivity contribution in [1.82, 2.24) is 0 Å². The minimum atomic E-state index is -0.290. The van der Waals surface area contributed by atoms with Crippen LogP contribution in [-0.2, 0) is 4.79 Å². The number of anilines is 1. The summed E-state index contributed by atoms with van der Waals surface area (Å²) in [6.07, 6.45) is 2.99. The molecule has 0 aliphatic carbocycles. The van der Waals surface area contributed by atoms with Crippen molar-refractivity contribution in [1.29, 1.82) is 0 Å². The molecule has 0 unspecified atom stereocenters. The highest BCUT2D eigenvalue weighted by Gasteiger charge is 2.07. The molecule has 5 heteroatoms. The van der Waals surface area contributed by atoms with Crippen LogP contribution in [0.3, 0.4) is 0 Å². The van der Waals surface area contributed by atoms with Crippen molar-refractivity contribution in [3.8, 4) is 11.3 Å². The fraction of sp³-hybridized carbons (Fsp3) is 0.0500. The molecular weight excluding hydrogens is 357 g/mol. The van der Waals surface area contributed by atoms with Crippen LogP contribution in [0.2, 0.25) is 10.0 Å². The Bertz CT molecular complexity index is 944. The highest BCUT2D eigenvalue weighted by molar-refractivity contribution is 6.34. The summed E-state index contributed by atoms with van der Waals surface area (Å²) < 4.78 is 5.71. The Kier molecular flexibility index (Phi) is 5.27. The van der Waals surface area contributed by atoms with E-state index in [-0.39, 0.29) is 5.91 Å². The van der Waals surface area contributed by atoms with E-state index < -0.39 is 0 Å². The zero-order valence-electron chi connectivity index (χ0n) is 13.4. The van der Waals surface area contributed by atoms with Crippen LogP contribution in [0.5, 0.6) is 0 Å². The molecule has 0 saturated carbocycles. The van der Waals surface area contributed by atoms with Gasteiger partial charge in [-0.1, -0.05) is 41.4 Å². The van der Waals surface area contributed by atoms with Gasteiger partial charge in [-0.25, -0.2) is 0 Å².